The van der Waals surface area contributed by atoms with Gasteiger partial charge in [-0.2, -0.15) is 0 Å². The van der Waals surface area contributed by atoms with E-state index in [1.54, 1.807) is 0 Å². The highest BCUT2D eigenvalue weighted by Crippen LogP contribution is 2.09. The van der Waals surface area contributed by atoms with Crippen molar-refractivity contribution in [3.05, 3.63) is 47.5 Å². The van der Waals surface area contributed by atoms with E-state index in [9.17, 15) is 0 Å². The SMILES string of the molecule is C/C(=C\C(C)C)Cc1ccccc1. The van der Waals surface area contributed by atoms with E-state index in [0.29, 0.717) is 5.92 Å². The van der Waals surface area contributed by atoms with Crippen molar-refractivity contribution >= 4 is 0 Å². The van der Waals surface area contributed by atoms with Crippen LogP contribution in [0.25, 0.3) is 0 Å². The number of allylic oxidation sites excluding steroid dienone is 2. The van der Waals surface area contributed by atoms with Crippen LogP contribution in [-0.4, -0.2) is 0 Å². The molecule has 0 saturated carbocycles. The molecule has 0 radical (unpaired) electrons. The van der Waals surface area contributed by atoms with E-state index in [2.05, 4.69) is 57.2 Å². The molecule has 13 heavy (non-hydrogen) atoms. The van der Waals surface area contributed by atoms with Gasteiger partial charge in [0, 0.05) is 0 Å². The molecular weight excluding hydrogens is 156 g/mol. The van der Waals surface area contributed by atoms with Crippen LogP contribution in [0, 0.1) is 5.92 Å². The van der Waals surface area contributed by atoms with E-state index in [1.807, 2.05) is 0 Å². The fourth-order valence-electron chi connectivity index (χ4n) is 1.55. The molecule has 0 N–H and O–H groups in total. The zero-order valence-electron chi connectivity index (χ0n) is 8.75. The second kappa shape index (κ2) is 4.86. The summed E-state index contributed by atoms with van der Waals surface area (Å²) in [6.45, 7) is 6.63. The average Bonchev–Trinajstić information content (AvgIpc) is 2.04. The van der Waals surface area contributed by atoms with Gasteiger partial charge in [0.15, 0.2) is 0 Å². The molecule has 1 rings (SSSR count). The lowest BCUT2D eigenvalue weighted by atomic mass is 10.0. The summed E-state index contributed by atoms with van der Waals surface area (Å²) in [5.74, 6) is 0.656. The van der Waals surface area contributed by atoms with Crippen LogP contribution < -0.4 is 0 Å². The van der Waals surface area contributed by atoms with Crippen LogP contribution in [0.2, 0.25) is 0 Å². The summed E-state index contributed by atoms with van der Waals surface area (Å²) in [7, 11) is 0. The van der Waals surface area contributed by atoms with Gasteiger partial charge in [-0.1, -0.05) is 55.8 Å². The maximum absolute atomic E-state index is 2.33. The van der Waals surface area contributed by atoms with Crippen molar-refractivity contribution in [1.82, 2.24) is 0 Å². The van der Waals surface area contributed by atoms with Crippen molar-refractivity contribution in [3.63, 3.8) is 0 Å². The molecule has 0 aliphatic rings. The highest BCUT2D eigenvalue weighted by molar-refractivity contribution is 5.21. The molecule has 0 heterocycles. The van der Waals surface area contributed by atoms with Crippen LogP contribution in [0.3, 0.4) is 0 Å². The van der Waals surface area contributed by atoms with Gasteiger partial charge >= 0.3 is 0 Å². The highest BCUT2D eigenvalue weighted by atomic mass is 14.0. The Hall–Kier alpha value is -1.04. The maximum atomic E-state index is 2.33. The predicted molar refractivity (Wildman–Crippen MR) is 58.7 cm³/mol. The zero-order chi connectivity index (χ0) is 9.68. The minimum Gasteiger partial charge on any atom is -0.0827 e. The third kappa shape index (κ3) is 3.93. The van der Waals surface area contributed by atoms with Crippen molar-refractivity contribution in [2.24, 2.45) is 5.92 Å². The first-order chi connectivity index (χ1) is 6.18. The Balaban J connectivity index is 2.60. The molecule has 0 aromatic heterocycles. The van der Waals surface area contributed by atoms with Gasteiger partial charge in [-0.25, -0.2) is 0 Å². The second-order valence-corrected chi connectivity index (χ2v) is 3.92. The quantitative estimate of drug-likeness (QED) is 0.611. The van der Waals surface area contributed by atoms with E-state index >= 15 is 0 Å². The molecule has 0 nitrogen and oxygen atoms in total. The normalized spacial score (nSPS) is 12.2. The van der Waals surface area contributed by atoms with Crippen molar-refractivity contribution in [3.8, 4) is 0 Å². The highest BCUT2D eigenvalue weighted by Gasteiger charge is 1.94. The van der Waals surface area contributed by atoms with Crippen molar-refractivity contribution in [1.29, 1.82) is 0 Å². The summed E-state index contributed by atoms with van der Waals surface area (Å²) < 4.78 is 0. The monoisotopic (exact) mass is 174 g/mol. The lowest BCUT2D eigenvalue weighted by Gasteiger charge is -2.03. The summed E-state index contributed by atoms with van der Waals surface area (Å²) in [6.07, 6.45) is 3.41. The number of hydrogen-bond acceptors (Lipinski definition) is 0. The van der Waals surface area contributed by atoms with Crippen molar-refractivity contribution in [2.45, 2.75) is 27.2 Å². The molecule has 0 unspecified atom stereocenters. The minimum absolute atomic E-state index is 0.656. The van der Waals surface area contributed by atoms with Gasteiger partial charge in [-0.15, -0.1) is 0 Å². The predicted octanol–water partition coefficient (Wildman–Crippen LogP) is 3.83. The Morgan fingerprint density at radius 2 is 1.85 bits per heavy atom. The van der Waals surface area contributed by atoms with Crippen LogP contribution in [0.15, 0.2) is 42.0 Å². The third-order valence-corrected chi connectivity index (χ3v) is 1.94. The van der Waals surface area contributed by atoms with Gasteiger partial charge in [0.1, 0.15) is 0 Å². The summed E-state index contributed by atoms with van der Waals surface area (Å²) in [4.78, 5) is 0. The average molecular weight is 174 g/mol. The molecule has 0 aliphatic heterocycles. The molecule has 0 saturated heterocycles. The Labute approximate surface area is 81.3 Å². The number of rotatable bonds is 3. The van der Waals surface area contributed by atoms with E-state index in [-0.39, 0.29) is 0 Å². The molecule has 1 aromatic carbocycles. The lowest BCUT2D eigenvalue weighted by molar-refractivity contribution is 0.816. The largest absolute Gasteiger partial charge is 0.0827 e. The van der Waals surface area contributed by atoms with Crippen LogP contribution >= 0.6 is 0 Å². The summed E-state index contributed by atoms with van der Waals surface area (Å²) in [6, 6.07) is 10.6. The van der Waals surface area contributed by atoms with E-state index in [0.717, 1.165) is 6.42 Å². The topological polar surface area (TPSA) is 0 Å². The van der Waals surface area contributed by atoms with E-state index in [4.69, 9.17) is 0 Å². The Kier molecular flexibility index (Phi) is 3.75. The Morgan fingerprint density at radius 3 is 2.38 bits per heavy atom. The molecule has 0 atom stereocenters. The number of benzene rings is 1. The van der Waals surface area contributed by atoms with E-state index < -0.39 is 0 Å². The number of hydrogen-bond donors (Lipinski definition) is 0. The minimum atomic E-state index is 0.656. The fraction of sp³-hybridized carbons (Fsp3) is 0.385. The van der Waals surface area contributed by atoms with Crippen LogP contribution in [0.5, 0.6) is 0 Å². The first-order valence-electron chi connectivity index (χ1n) is 4.89. The maximum Gasteiger partial charge on any atom is -0.00698 e. The Morgan fingerprint density at radius 1 is 1.23 bits per heavy atom. The van der Waals surface area contributed by atoms with Crippen LogP contribution in [0.4, 0.5) is 0 Å². The van der Waals surface area contributed by atoms with Crippen LogP contribution in [0.1, 0.15) is 26.3 Å². The van der Waals surface area contributed by atoms with Crippen molar-refractivity contribution < 1.29 is 0 Å². The molecule has 0 bridgehead atoms. The molecule has 0 amide bonds. The molecule has 0 spiro atoms. The first-order valence-corrected chi connectivity index (χ1v) is 4.89. The second-order valence-electron chi connectivity index (χ2n) is 3.92. The van der Waals surface area contributed by atoms with Gasteiger partial charge in [-0.3, -0.25) is 0 Å². The molecule has 0 aliphatic carbocycles. The molecule has 0 fully saturated rings. The van der Waals surface area contributed by atoms with E-state index in [1.165, 1.54) is 11.1 Å². The summed E-state index contributed by atoms with van der Waals surface area (Å²) in [5.41, 5.74) is 2.86. The first kappa shape index (κ1) is 10.0. The Bertz CT molecular complexity index is 267. The molecule has 1 aromatic rings. The van der Waals surface area contributed by atoms with Gasteiger partial charge < -0.3 is 0 Å². The van der Waals surface area contributed by atoms with Crippen LogP contribution in [-0.2, 0) is 6.42 Å². The zero-order valence-corrected chi connectivity index (χ0v) is 8.75. The fourth-order valence-corrected chi connectivity index (χ4v) is 1.55. The molecule has 70 valence electrons. The summed E-state index contributed by atoms with van der Waals surface area (Å²) >= 11 is 0. The van der Waals surface area contributed by atoms with Crippen molar-refractivity contribution in [2.75, 3.05) is 0 Å². The van der Waals surface area contributed by atoms with Gasteiger partial charge in [-0.05, 0) is 24.8 Å². The summed E-state index contributed by atoms with van der Waals surface area (Å²) in [5, 5.41) is 0. The van der Waals surface area contributed by atoms with Gasteiger partial charge in [0.25, 0.3) is 0 Å². The van der Waals surface area contributed by atoms with Gasteiger partial charge in [0.05, 0.1) is 0 Å². The smallest absolute Gasteiger partial charge is 0.00698 e. The molecular formula is C13H18. The third-order valence-electron chi connectivity index (χ3n) is 1.94. The molecule has 0 heteroatoms. The lowest BCUT2D eigenvalue weighted by Crippen LogP contribution is -1.89. The standard InChI is InChI=1S/C13H18/c1-11(2)9-12(3)10-13-7-5-4-6-8-13/h4-9,11H,10H2,1-3H3/b12-9+. The van der Waals surface area contributed by atoms with Gasteiger partial charge in [0.2, 0.25) is 0 Å².